The van der Waals surface area contributed by atoms with Crippen molar-refractivity contribution in [3.63, 3.8) is 0 Å². The van der Waals surface area contributed by atoms with Gasteiger partial charge in [-0.05, 0) is 12.1 Å². The number of anilines is 1. The fourth-order valence-corrected chi connectivity index (χ4v) is 1.34. The molecule has 15 heavy (non-hydrogen) atoms. The molecule has 0 bridgehead atoms. The number of furan rings is 1. The third-order valence-electron chi connectivity index (χ3n) is 2.00. The smallest absolute Gasteiger partial charge is 0.265 e. The van der Waals surface area contributed by atoms with Crippen LogP contribution in [0.5, 0.6) is 0 Å². The summed E-state index contributed by atoms with van der Waals surface area (Å²) in [6.07, 6.45) is 3.10. The maximum Gasteiger partial charge on any atom is 0.265 e. The number of oxazole rings is 1. The van der Waals surface area contributed by atoms with E-state index in [0.29, 0.717) is 28.6 Å². The molecule has 0 amide bonds. The van der Waals surface area contributed by atoms with Crippen molar-refractivity contribution in [3.8, 4) is 11.7 Å². The molecule has 74 valence electrons. The van der Waals surface area contributed by atoms with Crippen LogP contribution in [0.2, 0.25) is 0 Å². The minimum absolute atomic E-state index is 0.410. The number of pyridine rings is 1. The molecule has 3 aromatic rings. The van der Waals surface area contributed by atoms with E-state index in [0.717, 1.165) is 0 Å². The Morgan fingerprint density at radius 1 is 1.33 bits per heavy atom. The van der Waals surface area contributed by atoms with Crippen molar-refractivity contribution in [1.29, 1.82) is 0 Å². The van der Waals surface area contributed by atoms with Gasteiger partial charge in [0.2, 0.25) is 0 Å². The Morgan fingerprint density at radius 3 is 3.07 bits per heavy atom. The molecule has 2 N–H and O–H groups in total. The number of hydrogen-bond donors (Lipinski definition) is 1. The largest absolute Gasteiger partial charge is 0.459 e. The Morgan fingerprint density at radius 2 is 2.27 bits per heavy atom. The first-order chi connectivity index (χ1) is 7.33. The van der Waals surface area contributed by atoms with Gasteiger partial charge >= 0.3 is 0 Å². The van der Waals surface area contributed by atoms with E-state index in [2.05, 4.69) is 9.97 Å². The van der Waals surface area contributed by atoms with E-state index >= 15 is 0 Å². The molecule has 0 unspecified atom stereocenters. The molecule has 0 atom stereocenters. The quantitative estimate of drug-likeness (QED) is 0.651. The van der Waals surface area contributed by atoms with Gasteiger partial charge in [-0.1, -0.05) is 0 Å². The van der Waals surface area contributed by atoms with Gasteiger partial charge < -0.3 is 14.6 Å². The molecule has 0 aliphatic heterocycles. The van der Waals surface area contributed by atoms with Crippen LogP contribution in [0.25, 0.3) is 22.9 Å². The van der Waals surface area contributed by atoms with Gasteiger partial charge in [-0.15, -0.1) is 0 Å². The van der Waals surface area contributed by atoms with E-state index < -0.39 is 0 Å². The number of rotatable bonds is 1. The highest BCUT2D eigenvalue weighted by molar-refractivity contribution is 5.74. The lowest BCUT2D eigenvalue weighted by Gasteiger charge is -1.87. The predicted octanol–water partition coefficient (Wildman–Crippen LogP) is 2.06. The van der Waals surface area contributed by atoms with Gasteiger partial charge in [0.1, 0.15) is 0 Å². The van der Waals surface area contributed by atoms with Gasteiger partial charge in [-0.3, -0.25) is 0 Å². The fourth-order valence-electron chi connectivity index (χ4n) is 1.34. The third kappa shape index (κ3) is 1.25. The molecule has 0 saturated carbocycles. The first-order valence-corrected chi connectivity index (χ1v) is 4.39. The number of hydrogen-bond acceptors (Lipinski definition) is 5. The number of fused-ring (bicyclic) bond motifs is 1. The maximum atomic E-state index is 5.58. The fraction of sp³-hybridized carbons (Fsp3) is 0. The summed E-state index contributed by atoms with van der Waals surface area (Å²) in [5.41, 5.74) is 7.20. The topological polar surface area (TPSA) is 78.1 Å². The molecule has 5 heteroatoms. The molecule has 3 rings (SSSR count). The first kappa shape index (κ1) is 8.05. The van der Waals surface area contributed by atoms with Crippen LogP contribution in [0, 0.1) is 0 Å². The molecular weight excluding hydrogens is 194 g/mol. The van der Waals surface area contributed by atoms with Crippen molar-refractivity contribution in [2.45, 2.75) is 0 Å². The van der Waals surface area contributed by atoms with Crippen molar-refractivity contribution in [2.24, 2.45) is 0 Å². The summed E-state index contributed by atoms with van der Waals surface area (Å²) >= 11 is 0. The highest BCUT2D eigenvalue weighted by Crippen LogP contribution is 2.24. The molecular formula is C10H7N3O2. The van der Waals surface area contributed by atoms with Crippen molar-refractivity contribution in [3.05, 3.63) is 30.7 Å². The van der Waals surface area contributed by atoms with Crippen LogP contribution in [-0.2, 0) is 0 Å². The van der Waals surface area contributed by atoms with Gasteiger partial charge in [0.25, 0.3) is 5.89 Å². The number of nitrogens with zero attached hydrogens (tertiary/aromatic N) is 2. The van der Waals surface area contributed by atoms with Gasteiger partial charge in [0, 0.05) is 6.07 Å². The van der Waals surface area contributed by atoms with Crippen LogP contribution in [-0.4, -0.2) is 9.97 Å². The van der Waals surface area contributed by atoms with Gasteiger partial charge in [0.15, 0.2) is 17.0 Å². The normalized spacial score (nSPS) is 10.9. The van der Waals surface area contributed by atoms with Crippen molar-refractivity contribution < 1.29 is 8.83 Å². The highest BCUT2D eigenvalue weighted by atomic mass is 16.4. The maximum absolute atomic E-state index is 5.58. The first-order valence-electron chi connectivity index (χ1n) is 4.39. The lowest BCUT2D eigenvalue weighted by Crippen LogP contribution is -1.85. The molecule has 0 aliphatic carbocycles. The summed E-state index contributed by atoms with van der Waals surface area (Å²) in [5.74, 6) is 0.986. The molecule has 0 fully saturated rings. The zero-order valence-corrected chi connectivity index (χ0v) is 7.68. The van der Waals surface area contributed by atoms with E-state index in [9.17, 15) is 0 Å². The van der Waals surface area contributed by atoms with Crippen LogP contribution in [0.4, 0.5) is 5.69 Å². The lowest BCUT2D eigenvalue weighted by atomic mass is 10.4. The average Bonchev–Trinajstić information content (AvgIpc) is 2.84. The third-order valence-corrected chi connectivity index (χ3v) is 2.00. The van der Waals surface area contributed by atoms with Crippen LogP contribution >= 0.6 is 0 Å². The molecule has 0 radical (unpaired) electrons. The summed E-state index contributed by atoms with van der Waals surface area (Å²) in [6, 6.07) is 5.22. The minimum atomic E-state index is 0.410. The molecule has 0 spiro atoms. The zero-order valence-electron chi connectivity index (χ0n) is 7.68. The van der Waals surface area contributed by atoms with E-state index in [1.54, 1.807) is 24.5 Å². The minimum Gasteiger partial charge on any atom is -0.459 e. The van der Waals surface area contributed by atoms with Gasteiger partial charge in [-0.25, -0.2) is 4.98 Å². The van der Waals surface area contributed by atoms with E-state index in [4.69, 9.17) is 14.6 Å². The van der Waals surface area contributed by atoms with Crippen molar-refractivity contribution in [2.75, 3.05) is 5.73 Å². The Labute approximate surface area is 84.5 Å². The average molecular weight is 201 g/mol. The molecule has 0 aliphatic rings. The van der Waals surface area contributed by atoms with E-state index in [1.807, 2.05) is 0 Å². The Balaban J connectivity index is 2.22. The van der Waals surface area contributed by atoms with Crippen LogP contribution in [0.3, 0.4) is 0 Å². The summed E-state index contributed by atoms with van der Waals surface area (Å²) in [6.45, 7) is 0. The van der Waals surface area contributed by atoms with E-state index in [1.165, 1.54) is 6.20 Å². The second-order valence-electron chi connectivity index (χ2n) is 3.09. The Hall–Kier alpha value is -2.30. The van der Waals surface area contributed by atoms with E-state index in [-0.39, 0.29) is 0 Å². The molecule has 3 aromatic heterocycles. The van der Waals surface area contributed by atoms with Crippen LogP contribution in [0.1, 0.15) is 0 Å². The second kappa shape index (κ2) is 2.84. The molecule has 5 nitrogen and oxygen atoms in total. The predicted molar refractivity (Wildman–Crippen MR) is 53.9 cm³/mol. The highest BCUT2D eigenvalue weighted by Gasteiger charge is 2.10. The molecule has 3 heterocycles. The summed E-state index contributed by atoms with van der Waals surface area (Å²) in [4.78, 5) is 8.21. The van der Waals surface area contributed by atoms with Crippen molar-refractivity contribution >= 4 is 16.9 Å². The van der Waals surface area contributed by atoms with Crippen LogP contribution < -0.4 is 5.73 Å². The number of aromatic nitrogens is 2. The standard InChI is InChI=1S/C10H7N3O2/c11-6-4-8-9(12-5-6)13-10(15-8)7-2-1-3-14-7/h1-5H,11H2. The van der Waals surface area contributed by atoms with Gasteiger partial charge in [0.05, 0.1) is 18.1 Å². The number of nitrogen functional groups attached to an aromatic ring is 1. The molecule has 0 saturated heterocycles. The number of nitrogens with two attached hydrogens (primary N) is 1. The summed E-state index contributed by atoms with van der Waals surface area (Å²) < 4.78 is 10.6. The summed E-state index contributed by atoms with van der Waals surface area (Å²) in [5, 5.41) is 0. The molecule has 0 aromatic carbocycles. The Kier molecular flexibility index (Phi) is 1.53. The second-order valence-corrected chi connectivity index (χ2v) is 3.09. The van der Waals surface area contributed by atoms with Crippen molar-refractivity contribution in [1.82, 2.24) is 9.97 Å². The summed E-state index contributed by atoms with van der Waals surface area (Å²) in [7, 11) is 0. The monoisotopic (exact) mass is 201 g/mol. The van der Waals surface area contributed by atoms with Crippen LogP contribution in [0.15, 0.2) is 39.5 Å². The lowest BCUT2D eigenvalue weighted by molar-refractivity contribution is 0.535. The van der Waals surface area contributed by atoms with Gasteiger partial charge in [-0.2, -0.15) is 4.98 Å². The Bertz CT molecular complexity index is 598. The zero-order chi connectivity index (χ0) is 10.3. The SMILES string of the molecule is Nc1cnc2nc(-c3ccco3)oc2c1.